The van der Waals surface area contributed by atoms with Crippen LogP contribution in [0.5, 0.6) is 11.5 Å². The zero-order valence-corrected chi connectivity index (χ0v) is 17.3. The van der Waals surface area contributed by atoms with Crippen molar-refractivity contribution < 1.29 is 43.5 Å². The minimum atomic E-state index is -5.11. The summed E-state index contributed by atoms with van der Waals surface area (Å²) in [6.45, 7) is -0.876. The number of imidazole rings is 1. The highest BCUT2D eigenvalue weighted by Gasteiger charge is 2.65. The molecule has 4 atom stereocenters. The number of carbonyl (C=O) groups excluding carboxylic acids is 1. The second kappa shape index (κ2) is 7.78. The van der Waals surface area contributed by atoms with Gasteiger partial charge in [-0.25, -0.2) is 28.1 Å². The minimum Gasteiger partial charge on any atom is -0.504 e. The van der Waals surface area contributed by atoms with E-state index in [0.717, 1.165) is 35.4 Å². The molecule has 0 radical (unpaired) electrons. The van der Waals surface area contributed by atoms with Crippen LogP contribution in [0.2, 0.25) is 0 Å². The smallest absolute Gasteiger partial charge is 0.300 e. The summed E-state index contributed by atoms with van der Waals surface area (Å²) in [5, 5.41) is 46.7. The van der Waals surface area contributed by atoms with Crippen LogP contribution >= 0.6 is 0 Å². The van der Waals surface area contributed by atoms with Crippen molar-refractivity contribution in [2.45, 2.75) is 23.4 Å². The number of aromatic nitrogens is 4. The summed E-state index contributed by atoms with van der Waals surface area (Å²) in [7, 11) is -5.11. The zero-order valence-electron chi connectivity index (χ0n) is 16.5. The number of ether oxygens (including phenoxy) is 1. The number of aliphatic hydroxyl groups excluding tert-OH is 3. The van der Waals surface area contributed by atoms with E-state index in [0.29, 0.717) is 0 Å². The van der Waals surface area contributed by atoms with Crippen molar-refractivity contribution in [3.8, 4) is 11.5 Å². The second-order valence-electron chi connectivity index (χ2n) is 7.09. The Labute approximate surface area is 184 Å². The number of nitrogens with zero attached hydrogens (tertiary/aromatic N) is 4. The number of carbonyl (C=O) groups is 1. The van der Waals surface area contributed by atoms with Gasteiger partial charge in [0.25, 0.3) is 15.9 Å². The molecule has 0 aliphatic carbocycles. The van der Waals surface area contributed by atoms with Crippen LogP contribution in [-0.4, -0.2) is 84.3 Å². The maximum absolute atomic E-state index is 13.5. The van der Waals surface area contributed by atoms with Gasteiger partial charge in [0.15, 0.2) is 23.0 Å². The monoisotopic (exact) mass is 482 g/mol. The molecular weight excluding hydrogens is 464 g/mol. The van der Waals surface area contributed by atoms with E-state index in [1.807, 2.05) is 0 Å². The molecule has 1 aromatic carbocycles. The number of nitrogens with one attached hydrogen (secondary N) is 1. The third-order valence-electron chi connectivity index (χ3n) is 5.13. The van der Waals surface area contributed by atoms with Crippen LogP contribution in [0.25, 0.3) is 11.2 Å². The van der Waals surface area contributed by atoms with E-state index in [4.69, 9.17) is 10.5 Å². The number of nitrogen functional groups attached to an aromatic ring is 1. The number of aliphatic hydroxyl groups is 3. The molecule has 176 valence electrons. The average molecular weight is 482 g/mol. The molecule has 1 fully saturated rings. The first kappa shape index (κ1) is 22.6. The number of rotatable bonds is 5. The van der Waals surface area contributed by atoms with Gasteiger partial charge in [-0.2, -0.15) is 0 Å². The van der Waals surface area contributed by atoms with Crippen LogP contribution in [0.4, 0.5) is 5.82 Å². The Bertz CT molecular complexity index is 1350. The van der Waals surface area contributed by atoms with Gasteiger partial charge >= 0.3 is 5.06 Å². The summed E-state index contributed by atoms with van der Waals surface area (Å²) in [6, 6.07) is 2.80. The molecule has 16 heteroatoms. The van der Waals surface area contributed by atoms with Crippen LogP contribution in [0.3, 0.4) is 0 Å². The number of benzene rings is 1. The maximum atomic E-state index is 13.5. The largest absolute Gasteiger partial charge is 0.504 e. The van der Waals surface area contributed by atoms with Gasteiger partial charge in [0.2, 0.25) is 0 Å². The highest BCUT2D eigenvalue weighted by atomic mass is 32.2. The van der Waals surface area contributed by atoms with E-state index in [1.165, 1.54) is 0 Å². The Morgan fingerprint density at radius 1 is 1.21 bits per heavy atom. The number of hydrogen-bond acceptors (Lipinski definition) is 13. The van der Waals surface area contributed by atoms with Crippen molar-refractivity contribution in [2.75, 3.05) is 12.3 Å². The molecule has 1 aliphatic rings. The molecule has 1 aliphatic heterocycles. The molecule has 1 saturated heterocycles. The summed E-state index contributed by atoms with van der Waals surface area (Å²) in [5.74, 6) is -2.62. The van der Waals surface area contributed by atoms with Crippen LogP contribution < -0.4 is 10.5 Å². The fourth-order valence-corrected chi connectivity index (χ4v) is 5.08. The Hall–Kier alpha value is -3.57. The van der Waals surface area contributed by atoms with Gasteiger partial charge in [-0.3, -0.25) is 9.36 Å². The first-order valence-corrected chi connectivity index (χ1v) is 10.7. The van der Waals surface area contributed by atoms with Gasteiger partial charge in [0, 0.05) is 5.56 Å². The van der Waals surface area contributed by atoms with Gasteiger partial charge in [0.05, 0.1) is 6.61 Å². The molecule has 3 aromatic rings. The summed E-state index contributed by atoms with van der Waals surface area (Å²) < 4.78 is 34.9. The zero-order chi connectivity index (χ0) is 24.1. The molecule has 0 spiro atoms. The minimum absolute atomic E-state index is 0.0559. The average Bonchev–Trinajstić information content (AvgIpc) is 3.31. The number of phenols is 2. The van der Waals surface area contributed by atoms with Crippen LogP contribution in [0, 0.1) is 0 Å². The van der Waals surface area contributed by atoms with Crippen molar-refractivity contribution in [3.05, 3.63) is 36.4 Å². The predicted molar refractivity (Wildman–Crippen MR) is 108 cm³/mol. The lowest BCUT2D eigenvalue weighted by Crippen LogP contribution is -2.56. The Morgan fingerprint density at radius 3 is 2.58 bits per heavy atom. The van der Waals surface area contributed by atoms with Crippen LogP contribution in [0.15, 0.2) is 30.9 Å². The van der Waals surface area contributed by atoms with Crippen molar-refractivity contribution in [1.82, 2.24) is 24.2 Å². The van der Waals surface area contributed by atoms with Gasteiger partial charge < -0.3 is 36.0 Å². The molecule has 0 bridgehead atoms. The topological polar surface area (TPSA) is 243 Å². The molecule has 1 amide bonds. The molecular formula is C17H18N6O9S. The number of phenolic OH excluding ortho intramolecular Hbond substituents is 2. The van der Waals surface area contributed by atoms with E-state index in [9.17, 15) is 38.7 Å². The van der Waals surface area contributed by atoms with E-state index < -0.39 is 57.4 Å². The maximum Gasteiger partial charge on any atom is 0.300 e. The van der Waals surface area contributed by atoms with Crippen LogP contribution in [-0.2, 0) is 19.8 Å². The molecule has 2 aromatic heterocycles. The van der Waals surface area contributed by atoms with E-state index >= 15 is 0 Å². The third kappa shape index (κ3) is 3.31. The number of anilines is 1. The molecule has 0 saturated carbocycles. The molecule has 3 heterocycles. The lowest BCUT2D eigenvalue weighted by Gasteiger charge is -2.32. The van der Waals surface area contributed by atoms with Crippen molar-refractivity contribution in [1.29, 1.82) is 0 Å². The van der Waals surface area contributed by atoms with Crippen molar-refractivity contribution in [2.24, 2.45) is 0 Å². The molecule has 15 nitrogen and oxygen atoms in total. The van der Waals surface area contributed by atoms with E-state index in [-0.39, 0.29) is 22.5 Å². The number of sulfonamides is 1. The summed E-state index contributed by atoms with van der Waals surface area (Å²) in [4.78, 5) is 24.2. The Morgan fingerprint density at radius 2 is 1.94 bits per heavy atom. The quantitative estimate of drug-likeness (QED) is 0.183. The Balaban J connectivity index is 1.87. The highest BCUT2D eigenvalue weighted by molar-refractivity contribution is 7.90. The van der Waals surface area contributed by atoms with Gasteiger partial charge in [0.1, 0.15) is 36.5 Å². The fourth-order valence-electron chi connectivity index (χ4n) is 3.47. The lowest BCUT2D eigenvalue weighted by atomic mass is 10.1. The second-order valence-corrected chi connectivity index (χ2v) is 8.88. The first-order chi connectivity index (χ1) is 15.5. The summed E-state index contributed by atoms with van der Waals surface area (Å²) in [6.07, 6.45) is -3.80. The first-order valence-electron chi connectivity index (χ1n) is 9.21. The Kier molecular flexibility index (Phi) is 5.33. The molecule has 0 unspecified atom stereocenters. The van der Waals surface area contributed by atoms with Crippen molar-refractivity contribution >= 4 is 32.9 Å². The standard InChI is InChI=1S/C17H18N6O9S/c18-14-11-15(20-5-19-14)23(6-21-11)17(13(28)12(27)10(4-24)32-17)33(30,31)22-16(29)7-1-2-8(25)9(26)3-7/h1-3,5-6,10,12-13,24-28H,4H2,(H,22,29)(H2,18,19,20)/t10-,12-,13-,17+/m1/s1. The number of fused-ring (bicyclic) bond motifs is 1. The fraction of sp³-hybridized carbons (Fsp3) is 0.294. The highest BCUT2D eigenvalue weighted by Crippen LogP contribution is 2.41. The SMILES string of the molecule is Nc1ncnc2c1ncn2[C@]1(S(=O)(=O)NC(=O)c2ccc(O)c(O)c2)O[C@H](CO)[C@@H](O)[C@H]1O. The molecule has 4 rings (SSSR count). The lowest BCUT2D eigenvalue weighted by molar-refractivity contribution is -0.0847. The summed E-state index contributed by atoms with van der Waals surface area (Å²) in [5.41, 5.74) is 5.10. The van der Waals surface area contributed by atoms with Gasteiger partial charge in [-0.15, -0.1) is 0 Å². The van der Waals surface area contributed by atoms with Gasteiger partial charge in [-0.1, -0.05) is 0 Å². The number of amides is 1. The number of hydrogen-bond donors (Lipinski definition) is 7. The predicted octanol–water partition coefficient (Wildman–Crippen LogP) is -2.70. The third-order valence-corrected chi connectivity index (χ3v) is 6.88. The normalized spacial score (nSPS) is 25.4. The van der Waals surface area contributed by atoms with Gasteiger partial charge in [-0.05, 0) is 18.2 Å². The van der Waals surface area contributed by atoms with E-state index in [2.05, 4.69) is 15.0 Å². The van der Waals surface area contributed by atoms with E-state index in [1.54, 1.807) is 4.72 Å². The molecule has 8 N–H and O–H groups in total. The number of nitrogens with two attached hydrogens (primary N) is 1. The molecule has 33 heavy (non-hydrogen) atoms. The summed E-state index contributed by atoms with van der Waals surface area (Å²) >= 11 is 0. The van der Waals surface area contributed by atoms with Crippen LogP contribution in [0.1, 0.15) is 10.4 Å². The van der Waals surface area contributed by atoms with Crippen molar-refractivity contribution in [3.63, 3.8) is 0 Å². The number of aromatic hydroxyl groups is 2.